The van der Waals surface area contributed by atoms with Crippen molar-refractivity contribution in [3.05, 3.63) is 108 Å². The third kappa shape index (κ3) is 23.2. The molecule has 1 aliphatic heterocycles. The topological polar surface area (TPSA) is 386 Å². The maximum absolute atomic E-state index is 14.6. The number of amides is 9. The summed E-state index contributed by atoms with van der Waals surface area (Å²) in [7, 11) is 0. The highest BCUT2D eigenvalue weighted by Gasteiger charge is 2.35. The molecule has 1 aliphatic rings. The SMILES string of the molecule is CCCCCCC[C@@H](O)CC(=O)N[C@H](CCN)C(=O)N[C@H]1CCNC(=O)[C@H](Cc2ccccc2)NC(=O)[C@H](CCN)NC(=O)[C@H](CCN)NC(=O)[C@H](Cc2ccccc2)NC(=O)[C@@H](Cc2ccccc2)NC(=O)[C@H](CCN)NC1=O. The molecule has 0 radical (unpaired) electrons. The van der Waals surface area contributed by atoms with Crippen molar-refractivity contribution < 1.29 is 48.3 Å². The second kappa shape index (κ2) is 36.0. The van der Waals surface area contributed by atoms with Gasteiger partial charge in [-0.25, -0.2) is 0 Å². The van der Waals surface area contributed by atoms with Crippen molar-refractivity contribution in [3.63, 3.8) is 0 Å². The molecule has 0 unspecified atom stereocenters. The maximum atomic E-state index is 14.6. The Balaban J connectivity index is 1.77. The molecule has 0 aliphatic carbocycles. The lowest BCUT2D eigenvalue weighted by Crippen LogP contribution is -2.61. The molecule has 0 aromatic heterocycles. The Morgan fingerprint density at radius 1 is 0.512 bits per heavy atom. The zero-order chi connectivity index (χ0) is 58.2. The molecule has 9 atom stereocenters. The van der Waals surface area contributed by atoms with Gasteiger partial charge in [0.2, 0.25) is 53.2 Å². The molecule has 9 amide bonds. The molecule has 23 heteroatoms. The smallest absolute Gasteiger partial charge is 0.243 e. The lowest BCUT2D eigenvalue weighted by atomic mass is 10.0. The summed E-state index contributed by atoms with van der Waals surface area (Å²) in [5.74, 6) is -7.07. The lowest BCUT2D eigenvalue weighted by Gasteiger charge is -2.28. The van der Waals surface area contributed by atoms with Crippen molar-refractivity contribution in [2.45, 2.75) is 158 Å². The van der Waals surface area contributed by atoms with Gasteiger partial charge in [0.15, 0.2) is 0 Å². The molecule has 0 spiro atoms. The molecule has 0 bridgehead atoms. The molecule has 1 heterocycles. The summed E-state index contributed by atoms with van der Waals surface area (Å²) in [5.41, 5.74) is 25.7. The molecule has 23 nitrogen and oxygen atoms in total. The third-order valence-electron chi connectivity index (χ3n) is 13.5. The molecule has 3 aromatic carbocycles. The number of hydrogen-bond donors (Lipinski definition) is 14. The van der Waals surface area contributed by atoms with E-state index in [0.29, 0.717) is 23.1 Å². The zero-order valence-electron chi connectivity index (χ0n) is 45.9. The summed E-state index contributed by atoms with van der Waals surface area (Å²) in [6, 6.07) is 15.4. The Morgan fingerprint density at radius 2 is 0.900 bits per heavy atom. The Bertz CT molecular complexity index is 2420. The number of benzene rings is 3. The summed E-state index contributed by atoms with van der Waals surface area (Å²) in [5, 5.41) is 35.0. The number of nitrogens with one attached hydrogen (secondary N) is 9. The van der Waals surface area contributed by atoms with Gasteiger partial charge in [-0.3, -0.25) is 43.2 Å². The first-order valence-corrected chi connectivity index (χ1v) is 27.9. The number of unbranched alkanes of at least 4 members (excludes halogenated alkanes) is 4. The van der Waals surface area contributed by atoms with Gasteiger partial charge in [0.1, 0.15) is 48.3 Å². The van der Waals surface area contributed by atoms with E-state index in [2.05, 4.69) is 54.8 Å². The van der Waals surface area contributed by atoms with E-state index in [4.69, 9.17) is 22.9 Å². The van der Waals surface area contributed by atoms with Gasteiger partial charge >= 0.3 is 0 Å². The molecule has 3 aromatic rings. The minimum absolute atomic E-state index is 0.0299. The van der Waals surface area contributed by atoms with Crippen LogP contribution in [0.1, 0.15) is 101 Å². The van der Waals surface area contributed by atoms with Crippen LogP contribution < -0.4 is 70.8 Å². The van der Waals surface area contributed by atoms with Crippen molar-refractivity contribution in [1.82, 2.24) is 47.9 Å². The van der Waals surface area contributed by atoms with Crippen LogP contribution in [0, 0.1) is 0 Å². The van der Waals surface area contributed by atoms with Crippen LogP contribution in [0.25, 0.3) is 0 Å². The van der Waals surface area contributed by atoms with E-state index in [-0.39, 0.29) is 90.5 Å². The predicted octanol–water partition coefficient (Wildman–Crippen LogP) is -1.38. The quantitative estimate of drug-likeness (QED) is 0.0435. The van der Waals surface area contributed by atoms with Gasteiger partial charge in [-0.2, -0.15) is 0 Å². The number of nitrogens with two attached hydrogens (primary N) is 4. The van der Waals surface area contributed by atoms with Crippen molar-refractivity contribution in [3.8, 4) is 0 Å². The lowest BCUT2D eigenvalue weighted by molar-refractivity contribution is -0.136. The normalized spacial score (nSPS) is 21.9. The van der Waals surface area contributed by atoms with E-state index >= 15 is 0 Å². The molecule has 4 rings (SSSR count). The minimum Gasteiger partial charge on any atom is -0.393 e. The molecule has 1 saturated heterocycles. The second-order valence-corrected chi connectivity index (χ2v) is 20.1. The van der Waals surface area contributed by atoms with Gasteiger partial charge in [0.25, 0.3) is 0 Å². The van der Waals surface area contributed by atoms with Crippen LogP contribution in [0.5, 0.6) is 0 Å². The summed E-state index contributed by atoms with van der Waals surface area (Å²) in [6.07, 6.45) is 2.99. The fourth-order valence-corrected chi connectivity index (χ4v) is 9.11. The fourth-order valence-electron chi connectivity index (χ4n) is 9.11. The average molecular weight is 1110 g/mol. The first-order chi connectivity index (χ1) is 38.6. The fraction of sp³-hybridized carbons (Fsp3) is 0.526. The first kappa shape index (κ1) is 65.2. The van der Waals surface area contributed by atoms with Gasteiger partial charge in [-0.15, -0.1) is 0 Å². The number of carbonyl (C=O) groups excluding carboxylic acids is 9. The Hall–Kier alpha value is -7.31. The van der Waals surface area contributed by atoms with Crippen LogP contribution in [-0.4, -0.2) is 145 Å². The average Bonchev–Trinajstić information content (AvgIpc) is 3.45. The number of rotatable bonds is 25. The van der Waals surface area contributed by atoms with E-state index in [1.807, 2.05) is 0 Å². The summed E-state index contributed by atoms with van der Waals surface area (Å²) >= 11 is 0. The van der Waals surface area contributed by atoms with Gasteiger partial charge in [0.05, 0.1) is 12.5 Å². The van der Waals surface area contributed by atoms with Crippen molar-refractivity contribution in [2.24, 2.45) is 22.9 Å². The third-order valence-corrected chi connectivity index (χ3v) is 13.5. The Morgan fingerprint density at radius 3 is 1.31 bits per heavy atom. The van der Waals surface area contributed by atoms with Crippen LogP contribution in [0.2, 0.25) is 0 Å². The highest BCUT2D eigenvalue weighted by Crippen LogP contribution is 2.13. The highest BCUT2D eigenvalue weighted by molar-refractivity contribution is 5.98. The van der Waals surface area contributed by atoms with E-state index in [0.717, 1.165) is 32.1 Å². The second-order valence-electron chi connectivity index (χ2n) is 20.1. The van der Waals surface area contributed by atoms with Crippen LogP contribution in [0.4, 0.5) is 0 Å². The molecular weight excluding hydrogens is 1030 g/mol. The number of aliphatic hydroxyl groups is 1. The van der Waals surface area contributed by atoms with Crippen molar-refractivity contribution in [1.29, 1.82) is 0 Å². The summed E-state index contributed by atoms with van der Waals surface area (Å²) in [6.45, 7) is 1.46. The van der Waals surface area contributed by atoms with E-state index in [1.165, 1.54) is 0 Å². The monoisotopic (exact) mass is 1110 g/mol. The minimum atomic E-state index is -1.50. The number of hydrogen-bond acceptors (Lipinski definition) is 14. The standard InChI is InChI=1S/C57H85N13O10/c1-2-3-4-5-15-22-40(71)36-49(72)63-41(23-28-58)51(74)67-45-27-32-62-50(73)46(33-37-16-9-6-10-17-37)68-53(76)43(25-30-60)64-52(75)42(24-29-59)66-56(79)47(34-38-18-11-7-12-19-38)70-57(80)48(35-39-20-13-8-14-21-39)69-54(77)44(26-31-61)65-55(45)78/h6-14,16-21,40-48,71H,2-5,15,22-36,58-61H2,1H3,(H,62,73)(H,63,72)(H,64,75)(H,65,78)(H,66,79)(H,67,74)(H,68,76)(H,69,77)(H,70,80)/t40-,41-,42+,43+,44+,45+,46+,47+,48-/m1/s1. The van der Waals surface area contributed by atoms with E-state index in [1.54, 1.807) is 91.0 Å². The maximum Gasteiger partial charge on any atom is 0.243 e. The largest absolute Gasteiger partial charge is 0.393 e. The van der Waals surface area contributed by atoms with Crippen LogP contribution in [0.15, 0.2) is 91.0 Å². The predicted molar refractivity (Wildman–Crippen MR) is 302 cm³/mol. The Kier molecular flexibility index (Phi) is 29.4. The Labute approximate surface area is 468 Å². The highest BCUT2D eigenvalue weighted by atomic mass is 16.3. The van der Waals surface area contributed by atoms with E-state index < -0.39 is 108 Å². The number of aliphatic hydroxyl groups excluding tert-OH is 1. The zero-order valence-corrected chi connectivity index (χ0v) is 45.9. The van der Waals surface area contributed by atoms with Gasteiger partial charge < -0.3 is 75.9 Å². The van der Waals surface area contributed by atoms with Crippen molar-refractivity contribution >= 4 is 53.2 Å². The summed E-state index contributed by atoms with van der Waals surface area (Å²) < 4.78 is 0. The van der Waals surface area contributed by atoms with Gasteiger partial charge in [-0.1, -0.05) is 130 Å². The first-order valence-electron chi connectivity index (χ1n) is 27.9. The van der Waals surface area contributed by atoms with Crippen LogP contribution >= 0.6 is 0 Å². The molecular formula is C57H85N13O10. The number of carbonyl (C=O) groups is 9. The molecule has 18 N–H and O–H groups in total. The molecule has 1 fully saturated rings. The molecule has 80 heavy (non-hydrogen) atoms. The van der Waals surface area contributed by atoms with Crippen LogP contribution in [-0.2, 0) is 62.4 Å². The summed E-state index contributed by atoms with van der Waals surface area (Å²) in [4.78, 5) is 128. The van der Waals surface area contributed by atoms with Gasteiger partial charge in [-0.05, 0) is 81.4 Å². The molecule has 438 valence electrons. The van der Waals surface area contributed by atoms with Crippen molar-refractivity contribution in [2.75, 3.05) is 32.7 Å². The molecule has 0 saturated carbocycles. The van der Waals surface area contributed by atoms with Crippen LogP contribution in [0.3, 0.4) is 0 Å². The van der Waals surface area contributed by atoms with Gasteiger partial charge in [0, 0.05) is 25.8 Å². The van der Waals surface area contributed by atoms with E-state index in [9.17, 15) is 48.3 Å².